The van der Waals surface area contributed by atoms with Crippen molar-refractivity contribution in [3.05, 3.63) is 41.3 Å². The van der Waals surface area contributed by atoms with Gasteiger partial charge in [0.1, 0.15) is 17.5 Å². The summed E-state index contributed by atoms with van der Waals surface area (Å²) < 4.78 is 0. The molecule has 0 aromatic heterocycles. The molecule has 0 spiro atoms. The number of Topliss-reactive ketones (excluding diaryl/α,β-unsaturated/α-hetero) is 1. The zero-order valence-corrected chi connectivity index (χ0v) is 11.4. The Hall–Kier alpha value is -2.48. The van der Waals surface area contributed by atoms with Crippen LogP contribution in [0.2, 0.25) is 0 Å². The summed E-state index contributed by atoms with van der Waals surface area (Å²) in [5.74, 6) is -0.263. The van der Waals surface area contributed by atoms with Gasteiger partial charge in [0.25, 0.3) is 0 Å². The quantitative estimate of drug-likeness (QED) is 0.828. The number of hydrogen-bond donors (Lipinski definition) is 1. The molecule has 0 saturated carbocycles. The number of hydrogen-bond acceptors (Lipinski definition) is 5. The molecule has 1 aliphatic rings. The second-order valence-corrected chi connectivity index (χ2v) is 5.57. The fourth-order valence-corrected chi connectivity index (χ4v) is 2.15. The molecule has 0 bridgehead atoms. The molecular weight excluding hydrogens is 254 g/mol. The number of ketones is 1. The van der Waals surface area contributed by atoms with E-state index in [1.807, 2.05) is 19.9 Å². The van der Waals surface area contributed by atoms with Crippen molar-refractivity contribution in [2.75, 3.05) is 0 Å². The summed E-state index contributed by atoms with van der Waals surface area (Å²) in [6.07, 6.45) is 0.721. The van der Waals surface area contributed by atoms with Crippen LogP contribution in [0.5, 0.6) is 0 Å². The highest BCUT2D eigenvalue weighted by molar-refractivity contribution is 5.96. The topological polar surface area (TPSA) is 85.8 Å². The summed E-state index contributed by atoms with van der Waals surface area (Å²) in [6.45, 7) is 3.83. The Labute approximate surface area is 117 Å². The van der Waals surface area contributed by atoms with E-state index >= 15 is 0 Å². The Morgan fingerprint density at radius 1 is 1.25 bits per heavy atom. The Morgan fingerprint density at radius 2 is 1.95 bits per heavy atom. The maximum absolute atomic E-state index is 12.0. The fraction of sp³-hybridized carbons (Fsp3) is 0.333. The molecule has 2 rings (SSSR count). The third-order valence-electron chi connectivity index (χ3n) is 3.10. The van der Waals surface area contributed by atoms with E-state index in [-0.39, 0.29) is 22.7 Å². The average Bonchev–Trinajstić information content (AvgIpc) is 2.36. The Morgan fingerprint density at radius 3 is 2.60 bits per heavy atom. The van der Waals surface area contributed by atoms with Gasteiger partial charge in [-0.05, 0) is 17.5 Å². The number of carbonyl (C=O) groups is 1. The molecule has 0 aliphatic heterocycles. The van der Waals surface area contributed by atoms with Crippen LogP contribution in [-0.4, -0.2) is 10.9 Å². The lowest BCUT2D eigenvalue weighted by Gasteiger charge is -2.27. The number of aliphatic hydroxyl groups excluding tert-OH is 1. The van der Waals surface area contributed by atoms with E-state index in [4.69, 9.17) is 5.26 Å². The van der Waals surface area contributed by atoms with Crippen LogP contribution in [0.25, 0.3) is 0 Å². The number of nitriles is 1. The molecular formula is C15H15N3O2. The van der Waals surface area contributed by atoms with Crippen molar-refractivity contribution in [2.45, 2.75) is 26.7 Å². The third-order valence-corrected chi connectivity index (χ3v) is 3.10. The molecule has 0 unspecified atom stereocenters. The summed E-state index contributed by atoms with van der Waals surface area (Å²) in [7, 11) is 0. The van der Waals surface area contributed by atoms with Gasteiger partial charge in [-0.3, -0.25) is 4.79 Å². The van der Waals surface area contributed by atoms with Gasteiger partial charge in [0.05, 0.1) is 5.56 Å². The smallest absolute Gasteiger partial charge is 0.187 e. The molecule has 0 fully saturated rings. The van der Waals surface area contributed by atoms with E-state index in [0.717, 1.165) is 0 Å². The molecule has 5 heteroatoms. The van der Waals surface area contributed by atoms with Gasteiger partial charge in [-0.25, -0.2) is 0 Å². The largest absolute Gasteiger partial charge is 0.510 e. The molecule has 1 N–H and O–H groups in total. The number of azo groups is 1. The van der Waals surface area contributed by atoms with E-state index in [1.165, 1.54) is 0 Å². The first-order valence-corrected chi connectivity index (χ1v) is 6.29. The first-order chi connectivity index (χ1) is 9.43. The van der Waals surface area contributed by atoms with E-state index in [9.17, 15) is 9.90 Å². The molecule has 5 nitrogen and oxygen atoms in total. The Balaban J connectivity index is 2.32. The van der Waals surface area contributed by atoms with Crippen molar-refractivity contribution in [1.82, 2.24) is 0 Å². The van der Waals surface area contributed by atoms with E-state index in [1.54, 1.807) is 24.3 Å². The molecule has 1 aromatic carbocycles. The van der Waals surface area contributed by atoms with Crippen LogP contribution in [0.15, 0.2) is 46.0 Å². The molecule has 20 heavy (non-hydrogen) atoms. The lowest BCUT2D eigenvalue weighted by Crippen LogP contribution is -2.25. The monoisotopic (exact) mass is 269 g/mol. The predicted octanol–water partition coefficient (Wildman–Crippen LogP) is 3.80. The fourth-order valence-electron chi connectivity index (χ4n) is 2.15. The maximum atomic E-state index is 12.0. The van der Waals surface area contributed by atoms with Crippen LogP contribution in [-0.2, 0) is 4.79 Å². The highest BCUT2D eigenvalue weighted by Gasteiger charge is 2.33. The van der Waals surface area contributed by atoms with Crippen molar-refractivity contribution in [3.63, 3.8) is 0 Å². The van der Waals surface area contributed by atoms with Crippen molar-refractivity contribution in [1.29, 1.82) is 5.26 Å². The number of benzene rings is 1. The summed E-state index contributed by atoms with van der Waals surface area (Å²) in [6, 6.07) is 8.71. The lowest BCUT2D eigenvalue weighted by atomic mass is 9.78. The van der Waals surface area contributed by atoms with Crippen LogP contribution in [0, 0.1) is 16.7 Å². The Bertz CT molecular complexity index is 651. The van der Waals surface area contributed by atoms with Crippen LogP contribution in [0.4, 0.5) is 5.69 Å². The number of rotatable bonds is 2. The van der Waals surface area contributed by atoms with Gasteiger partial charge in [0.2, 0.25) is 0 Å². The van der Waals surface area contributed by atoms with Gasteiger partial charge in [0, 0.05) is 12.8 Å². The van der Waals surface area contributed by atoms with Gasteiger partial charge in [0.15, 0.2) is 11.5 Å². The van der Waals surface area contributed by atoms with Crippen LogP contribution in [0.1, 0.15) is 32.3 Å². The van der Waals surface area contributed by atoms with Crippen molar-refractivity contribution in [3.8, 4) is 6.07 Å². The van der Waals surface area contributed by atoms with Gasteiger partial charge >= 0.3 is 0 Å². The minimum Gasteiger partial charge on any atom is -0.510 e. The lowest BCUT2D eigenvalue weighted by molar-refractivity contribution is -0.118. The highest BCUT2D eigenvalue weighted by atomic mass is 16.3. The van der Waals surface area contributed by atoms with Crippen molar-refractivity contribution >= 4 is 11.5 Å². The minimum absolute atomic E-state index is 0.00271. The number of allylic oxidation sites excluding steroid dienone is 2. The second kappa shape index (κ2) is 5.25. The zero-order valence-electron chi connectivity index (χ0n) is 11.4. The number of nitrogens with zero attached hydrogens (tertiary/aromatic N) is 3. The summed E-state index contributed by atoms with van der Waals surface area (Å²) in [5.41, 5.74) is 0.495. The van der Waals surface area contributed by atoms with Crippen LogP contribution < -0.4 is 0 Å². The Kier molecular flexibility index (Phi) is 3.66. The molecule has 0 atom stereocenters. The van der Waals surface area contributed by atoms with Crippen molar-refractivity contribution in [2.24, 2.45) is 15.6 Å². The van der Waals surface area contributed by atoms with Gasteiger partial charge in [-0.15, -0.1) is 10.2 Å². The van der Waals surface area contributed by atoms with Gasteiger partial charge in [-0.2, -0.15) is 5.26 Å². The van der Waals surface area contributed by atoms with Crippen LogP contribution in [0.3, 0.4) is 0 Å². The number of aliphatic hydroxyl groups is 1. The first kappa shape index (κ1) is 13.9. The number of carbonyl (C=O) groups excluding carboxylic acids is 1. The van der Waals surface area contributed by atoms with E-state index in [2.05, 4.69) is 10.2 Å². The van der Waals surface area contributed by atoms with E-state index in [0.29, 0.717) is 24.1 Å². The molecule has 0 amide bonds. The zero-order chi connectivity index (χ0) is 14.8. The molecule has 1 aromatic rings. The summed E-state index contributed by atoms with van der Waals surface area (Å²) in [5, 5.41) is 26.6. The average molecular weight is 269 g/mol. The molecule has 1 aliphatic carbocycles. The van der Waals surface area contributed by atoms with Gasteiger partial charge < -0.3 is 5.11 Å². The summed E-state index contributed by atoms with van der Waals surface area (Å²) in [4.78, 5) is 12.0. The van der Waals surface area contributed by atoms with E-state index < -0.39 is 0 Å². The SMILES string of the molecule is CC1(C)CC(=O)C(N=Nc2ccccc2C#N)=C(O)C1. The second-order valence-electron chi connectivity index (χ2n) is 5.57. The molecule has 0 saturated heterocycles. The maximum Gasteiger partial charge on any atom is 0.187 e. The van der Waals surface area contributed by atoms with Crippen molar-refractivity contribution < 1.29 is 9.90 Å². The predicted molar refractivity (Wildman–Crippen MR) is 73.3 cm³/mol. The summed E-state index contributed by atoms with van der Waals surface area (Å²) >= 11 is 0. The molecule has 0 radical (unpaired) electrons. The standard InChI is InChI=1S/C15H15N3O2/c1-15(2)7-12(19)14(13(20)8-15)18-17-11-6-4-3-5-10(11)9-16/h3-6,19H,7-8H2,1-2H3. The van der Waals surface area contributed by atoms with Crippen LogP contribution >= 0.6 is 0 Å². The normalized spacial score (nSPS) is 18.4. The first-order valence-electron chi connectivity index (χ1n) is 6.29. The minimum atomic E-state index is -0.259. The molecule has 0 heterocycles. The third kappa shape index (κ3) is 2.91. The molecule has 102 valence electrons. The van der Waals surface area contributed by atoms with Gasteiger partial charge in [-0.1, -0.05) is 26.0 Å². The highest BCUT2D eigenvalue weighted by Crippen LogP contribution is 2.36.